The molecule has 24 heavy (non-hydrogen) atoms. The zero-order valence-corrected chi connectivity index (χ0v) is 14.2. The van der Waals surface area contributed by atoms with E-state index < -0.39 is 11.6 Å². The molecule has 1 fully saturated rings. The van der Waals surface area contributed by atoms with Crippen molar-refractivity contribution in [2.45, 2.75) is 45.4 Å². The average Bonchev–Trinajstić information content (AvgIpc) is 2.59. The Labute approximate surface area is 142 Å². The van der Waals surface area contributed by atoms with Crippen LogP contribution in [0.25, 0.3) is 0 Å². The van der Waals surface area contributed by atoms with Crippen molar-refractivity contribution in [3.05, 3.63) is 70.3 Å². The number of aryl methyl sites for hydroxylation is 1. The molecular formula is C22H22F2. The van der Waals surface area contributed by atoms with Gasteiger partial charge in [-0.15, -0.1) is 0 Å². The van der Waals surface area contributed by atoms with E-state index in [0.29, 0.717) is 11.5 Å². The minimum atomic E-state index is -0.846. The van der Waals surface area contributed by atoms with Crippen LogP contribution in [-0.2, 0) is 0 Å². The van der Waals surface area contributed by atoms with Gasteiger partial charge in [0, 0.05) is 11.1 Å². The third kappa shape index (κ3) is 3.85. The van der Waals surface area contributed by atoms with Gasteiger partial charge in [-0.2, -0.15) is 0 Å². The Morgan fingerprint density at radius 2 is 1.50 bits per heavy atom. The molecule has 1 saturated carbocycles. The first kappa shape index (κ1) is 16.7. The summed E-state index contributed by atoms with van der Waals surface area (Å²) in [6.45, 7) is 3.87. The lowest BCUT2D eigenvalue weighted by Crippen LogP contribution is -2.10. The predicted octanol–water partition coefficient (Wildman–Crippen LogP) is 5.97. The fraction of sp³-hybridized carbons (Fsp3) is 0.364. The van der Waals surface area contributed by atoms with E-state index in [0.717, 1.165) is 17.5 Å². The SMILES string of the molecule is Cc1cc(C#Cc2ccc(C3CCC(C)CC3)cc2)cc(F)c1F. The first-order valence-electron chi connectivity index (χ1n) is 8.60. The van der Waals surface area contributed by atoms with Crippen LogP contribution in [0.2, 0.25) is 0 Å². The third-order valence-electron chi connectivity index (χ3n) is 4.96. The van der Waals surface area contributed by atoms with E-state index in [1.807, 2.05) is 12.1 Å². The van der Waals surface area contributed by atoms with Crippen LogP contribution < -0.4 is 0 Å². The smallest absolute Gasteiger partial charge is 0.161 e. The van der Waals surface area contributed by atoms with E-state index in [1.54, 1.807) is 13.0 Å². The molecule has 0 bridgehead atoms. The van der Waals surface area contributed by atoms with Crippen molar-refractivity contribution in [3.8, 4) is 11.8 Å². The minimum Gasteiger partial charge on any atom is -0.204 e. The van der Waals surface area contributed by atoms with Gasteiger partial charge in [-0.3, -0.25) is 0 Å². The maximum atomic E-state index is 13.4. The lowest BCUT2D eigenvalue weighted by atomic mass is 9.79. The molecule has 2 heteroatoms. The van der Waals surface area contributed by atoms with E-state index in [9.17, 15) is 8.78 Å². The first-order chi connectivity index (χ1) is 11.5. The van der Waals surface area contributed by atoms with Crippen LogP contribution >= 0.6 is 0 Å². The number of hydrogen-bond acceptors (Lipinski definition) is 0. The van der Waals surface area contributed by atoms with Gasteiger partial charge in [-0.1, -0.05) is 43.7 Å². The molecule has 0 nitrogen and oxygen atoms in total. The molecule has 0 aliphatic heterocycles. The van der Waals surface area contributed by atoms with Gasteiger partial charge in [0.1, 0.15) is 0 Å². The number of halogens is 2. The maximum absolute atomic E-state index is 13.4. The summed E-state index contributed by atoms with van der Waals surface area (Å²) in [5.74, 6) is 5.82. The Morgan fingerprint density at radius 1 is 0.875 bits per heavy atom. The van der Waals surface area contributed by atoms with Crippen LogP contribution in [0.15, 0.2) is 36.4 Å². The lowest BCUT2D eigenvalue weighted by Gasteiger charge is -2.26. The normalized spacial score (nSPS) is 20.3. The molecule has 0 atom stereocenters. The predicted molar refractivity (Wildman–Crippen MR) is 93.9 cm³/mol. The van der Waals surface area contributed by atoms with Crippen LogP contribution in [0.4, 0.5) is 8.78 Å². The Morgan fingerprint density at radius 3 is 2.12 bits per heavy atom. The Balaban J connectivity index is 1.73. The Kier molecular flexibility index (Phi) is 5.00. The zero-order chi connectivity index (χ0) is 17.1. The van der Waals surface area contributed by atoms with Gasteiger partial charge in [-0.25, -0.2) is 8.78 Å². The fourth-order valence-corrected chi connectivity index (χ4v) is 3.38. The molecule has 0 N–H and O–H groups in total. The summed E-state index contributed by atoms with van der Waals surface area (Å²) in [4.78, 5) is 0. The summed E-state index contributed by atoms with van der Waals surface area (Å²) in [5, 5.41) is 0. The lowest BCUT2D eigenvalue weighted by molar-refractivity contribution is 0.348. The van der Waals surface area contributed by atoms with E-state index >= 15 is 0 Å². The molecule has 3 rings (SSSR count). The molecule has 1 aliphatic carbocycles. The molecule has 0 spiro atoms. The Hall–Kier alpha value is -2.14. The zero-order valence-electron chi connectivity index (χ0n) is 14.2. The molecule has 0 saturated heterocycles. The second kappa shape index (κ2) is 7.18. The van der Waals surface area contributed by atoms with Crippen LogP contribution in [0.5, 0.6) is 0 Å². The highest BCUT2D eigenvalue weighted by Crippen LogP contribution is 2.35. The van der Waals surface area contributed by atoms with Crippen molar-refractivity contribution in [3.63, 3.8) is 0 Å². The van der Waals surface area contributed by atoms with Gasteiger partial charge in [0.15, 0.2) is 11.6 Å². The summed E-state index contributed by atoms with van der Waals surface area (Å²) in [5.41, 5.74) is 3.05. The summed E-state index contributed by atoms with van der Waals surface area (Å²) < 4.78 is 26.7. The third-order valence-corrected chi connectivity index (χ3v) is 4.96. The van der Waals surface area contributed by atoms with Crippen molar-refractivity contribution >= 4 is 0 Å². The number of hydrogen-bond donors (Lipinski definition) is 0. The highest BCUT2D eigenvalue weighted by atomic mass is 19.2. The molecule has 0 aromatic heterocycles. The fourth-order valence-electron chi connectivity index (χ4n) is 3.38. The highest BCUT2D eigenvalue weighted by molar-refractivity contribution is 5.45. The summed E-state index contributed by atoms with van der Waals surface area (Å²) in [7, 11) is 0. The van der Waals surface area contributed by atoms with Crippen molar-refractivity contribution < 1.29 is 8.78 Å². The standard InChI is InChI=1S/C22H22F2/c1-15-3-9-19(10-4-15)20-11-7-17(8-12-20)5-6-18-13-16(2)22(24)21(23)14-18/h7-8,11-15,19H,3-4,9-10H2,1-2H3. The second-order valence-corrected chi connectivity index (χ2v) is 6.92. The number of benzene rings is 2. The van der Waals surface area contributed by atoms with Crippen molar-refractivity contribution in [1.29, 1.82) is 0 Å². The average molecular weight is 324 g/mol. The topological polar surface area (TPSA) is 0 Å². The van der Waals surface area contributed by atoms with Crippen LogP contribution in [-0.4, -0.2) is 0 Å². The highest BCUT2D eigenvalue weighted by Gasteiger charge is 2.19. The van der Waals surface area contributed by atoms with Crippen molar-refractivity contribution in [2.75, 3.05) is 0 Å². The van der Waals surface area contributed by atoms with Gasteiger partial charge in [0.05, 0.1) is 0 Å². The van der Waals surface area contributed by atoms with Gasteiger partial charge >= 0.3 is 0 Å². The summed E-state index contributed by atoms with van der Waals surface area (Å²) in [6.07, 6.45) is 5.14. The molecule has 0 amide bonds. The molecule has 2 aromatic carbocycles. The van der Waals surface area contributed by atoms with Crippen LogP contribution in [0.1, 0.15) is 60.8 Å². The molecule has 0 radical (unpaired) electrons. The molecule has 1 aliphatic rings. The molecule has 124 valence electrons. The van der Waals surface area contributed by atoms with E-state index in [4.69, 9.17) is 0 Å². The van der Waals surface area contributed by atoms with Gasteiger partial charge in [0.2, 0.25) is 0 Å². The van der Waals surface area contributed by atoms with E-state index in [-0.39, 0.29) is 5.56 Å². The van der Waals surface area contributed by atoms with Gasteiger partial charge in [0.25, 0.3) is 0 Å². The molecule has 0 unspecified atom stereocenters. The van der Waals surface area contributed by atoms with Crippen LogP contribution in [0.3, 0.4) is 0 Å². The van der Waals surface area contributed by atoms with Crippen molar-refractivity contribution in [2.24, 2.45) is 5.92 Å². The molecule has 0 heterocycles. The largest absolute Gasteiger partial charge is 0.204 e. The summed E-state index contributed by atoms with van der Waals surface area (Å²) in [6, 6.07) is 11.1. The molecular weight excluding hydrogens is 302 g/mol. The Bertz CT molecular complexity index is 747. The molecule has 2 aromatic rings. The second-order valence-electron chi connectivity index (χ2n) is 6.92. The number of rotatable bonds is 1. The van der Waals surface area contributed by atoms with Gasteiger partial charge < -0.3 is 0 Å². The minimum absolute atomic E-state index is 0.279. The van der Waals surface area contributed by atoms with E-state index in [2.05, 4.69) is 30.9 Å². The van der Waals surface area contributed by atoms with Gasteiger partial charge in [-0.05, 0) is 67.0 Å². The van der Waals surface area contributed by atoms with Crippen molar-refractivity contribution in [1.82, 2.24) is 0 Å². The quantitative estimate of drug-likeness (QED) is 0.567. The van der Waals surface area contributed by atoms with E-state index in [1.165, 1.54) is 31.2 Å². The van der Waals surface area contributed by atoms with Crippen LogP contribution in [0, 0.1) is 36.3 Å². The first-order valence-corrected chi connectivity index (χ1v) is 8.60. The maximum Gasteiger partial charge on any atom is 0.161 e. The monoisotopic (exact) mass is 324 g/mol. The summed E-state index contributed by atoms with van der Waals surface area (Å²) >= 11 is 0.